The Hall–Kier alpha value is -2.04. The van der Waals surface area contributed by atoms with Crippen LogP contribution >= 0.6 is 0 Å². The number of carboxylic acid groups (broad SMARTS) is 1. The van der Waals surface area contributed by atoms with Crippen molar-refractivity contribution in [2.24, 2.45) is 0 Å². The van der Waals surface area contributed by atoms with E-state index in [1.165, 1.54) is 5.56 Å². The fourth-order valence-electron chi connectivity index (χ4n) is 3.23. The molecule has 2 atom stereocenters. The van der Waals surface area contributed by atoms with Gasteiger partial charge in [-0.25, -0.2) is 4.79 Å². The highest BCUT2D eigenvalue weighted by atomic mass is 16.6. The molecule has 0 unspecified atom stereocenters. The third kappa shape index (κ3) is 2.48. The number of amides is 1. The molecule has 0 radical (unpaired) electrons. The van der Waals surface area contributed by atoms with Gasteiger partial charge in [-0.05, 0) is 36.3 Å². The first-order valence-electron chi connectivity index (χ1n) is 6.82. The van der Waals surface area contributed by atoms with Crippen molar-refractivity contribution in [2.45, 2.75) is 37.1 Å². The maximum Gasteiger partial charge on any atom is 0.407 e. The minimum absolute atomic E-state index is 0.0543. The summed E-state index contributed by atoms with van der Waals surface area (Å²) in [4.78, 5) is 21.9. The van der Waals surface area contributed by atoms with Crippen molar-refractivity contribution in [3.63, 3.8) is 0 Å². The Bertz CT molecular complexity index is 539. The zero-order valence-corrected chi connectivity index (χ0v) is 11.1. The summed E-state index contributed by atoms with van der Waals surface area (Å²) < 4.78 is 5.02. The van der Waals surface area contributed by atoms with Gasteiger partial charge < -0.3 is 15.2 Å². The van der Waals surface area contributed by atoms with Crippen molar-refractivity contribution >= 4 is 12.1 Å². The SMILES string of the molecule is O=C(O)Cc1ccc([C@@H]2CC[C@]3(COC(=O)N3)C2)cc1. The molecule has 1 saturated carbocycles. The van der Waals surface area contributed by atoms with Crippen LogP contribution in [-0.2, 0) is 16.0 Å². The molecule has 1 aliphatic carbocycles. The Kier molecular flexibility index (Phi) is 3.12. The molecule has 1 saturated heterocycles. The second-order valence-electron chi connectivity index (χ2n) is 5.73. The standard InChI is InChI=1S/C15H17NO4/c17-13(18)7-10-1-3-11(4-2-10)12-5-6-15(8-12)9-20-14(19)16-15/h1-4,12H,5-9H2,(H,16,19)(H,17,18)/t12-,15-/m1/s1. The second-order valence-corrected chi connectivity index (χ2v) is 5.73. The van der Waals surface area contributed by atoms with Crippen LogP contribution in [0.25, 0.3) is 0 Å². The van der Waals surface area contributed by atoms with Gasteiger partial charge in [-0.2, -0.15) is 0 Å². The van der Waals surface area contributed by atoms with Crippen molar-refractivity contribution in [1.29, 1.82) is 0 Å². The number of aliphatic carboxylic acids is 1. The third-order valence-corrected chi connectivity index (χ3v) is 4.26. The highest BCUT2D eigenvalue weighted by Gasteiger charge is 2.45. The van der Waals surface area contributed by atoms with E-state index >= 15 is 0 Å². The molecule has 2 aliphatic rings. The highest BCUT2D eigenvalue weighted by molar-refractivity contribution is 5.71. The number of cyclic esters (lactones) is 1. The lowest BCUT2D eigenvalue weighted by molar-refractivity contribution is -0.136. The van der Waals surface area contributed by atoms with Crippen LogP contribution in [0.3, 0.4) is 0 Å². The van der Waals surface area contributed by atoms with Gasteiger partial charge in [0.2, 0.25) is 0 Å². The predicted molar refractivity (Wildman–Crippen MR) is 71.6 cm³/mol. The molecule has 2 N–H and O–H groups in total. The van der Waals surface area contributed by atoms with Gasteiger partial charge in [0.1, 0.15) is 6.61 Å². The Labute approximate surface area is 116 Å². The van der Waals surface area contributed by atoms with Crippen LogP contribution in [0.5, 0.6) is 0 Å². The largest absolute Gasteiger partial charge is 0.481 e. The number of benzene rings is 1. The van der Waals surface area contributed by atoms with E-state index in [2.05, 4.69) is 5.32 Å². The number of nitrogens with one attached hydrogen (secondary N) is 1. The highest BCUT2D eigenvalue weighted by Crippen LogP contribution is 2.42. The van der Waals surface area contributed by atoms with E-state index < -0.39 is 5.97 Å². The van der Waals surface area contributed by atoms with Crippen LogP contribution in [-0.4, -0.2) is 29.3 Å². The number of hydrogen-bond donors (Lipinski definition) is 2. The van der Waals surface area contributed by atoms with Crippen LogP contribution in [0.15, 0.2) is 24.3 Å². The van der Waals surface area contributed by atoms with Gasteiger partial charge in [-0.3, -0.25) is 4.79 Å². The number of carbonyl (C=O) groups excluding carboxylic acids is 1. The van der Waals surface area contributed by atoms with E-state index in [9.17, 15) is 9.59 Å². The Morgan fingerprint density at radius 3 is 2.75 bits per heavy atom. The average Bonchev–Trinajstić information content (AvgIpc) is 2.97. The van der Waals surface area contributed by atoms with Crippen molar-refractivity contribution in [2.75, 3.05) is 6.61 Å². The molecule has 106 valence electrons. The van der Waals surface area contributed by atoms with Crippen molar-refractivity contribution < 1.29 is 19.4 Å². The minimum atomic E-state index is -0.816. The lowest BCUT2D eigenvalue weighted by Gasteiger charge is -2.20. The summed E-state index contributed by atoms with van der Waals surface area (Å²) in [5.74, 6) is -0.417. The van der Waals surface area contributed by atoms with Gasteiger partial charge in [-0.15, -0.1) is 0 Å². The van der Waals surface area contributed by atoms with Crippen LogP contribution in [0.4, 0.5) is 4.79 Å². The number of ether oxygens (including phenoxy) is 1. The molecule has 1 aromatic rings. The molecule has 0 aromatic heterocycles. The minimum Gasteiger partial charge on any atom is -0.481 e. The summed E-state index contributed by atoms with van der Waals surface area (Å²) in [5.41, 5.74) is 1.82. The lowest BCUT2D eigenvalue weighted by Crippen LogP contribution is -2.40. The van der Waals surface area contributed by atoms with Crippen LogP contribution in [0, 0.1) is 0 Å². The molecule has 1 aliphatic heterocycles. The normalized spacial score (nSPS) is 28.4. The zero-order chi connectivity index (χ0) is 14.2. The Morgan fingerprint density at radius 1 is 1.40 bits per heavy atom. The number of carbonyl (C=O) groups is 2. The average molecular weight is 275 g/mol. The molecule has 5 heteroatoms. The topological polar surface area (TPSA) is 75.6 Å². The third-order valence-electron chi connectivity index (χ3n) is 4.26. The monoisotopic (exact) mass is 275 g/mol. The Morgan fingerprint density at radius 2 is 2.15 bits per heavy atom. The lowest BCUT2D eigenvalue weighted by atomic mass is 9.92. The first kappa shape index (κ1) is 13.0. The van der Waals surface area contributed by atoms with E-state index in [-0.39, 0.29) is 18.1 Å². The van der Waals surface area contributed by atoms with E-state index in [0.29, 0.717) is 12.5 Å². The molecule has 20 heavy (non-hydrogen) atoms. The van der Waals surface area contributed by atoms with Crippen LogP contribution < -0.4 is 5.32 Å². The molecule has 1 aromatic carbocycles. The number of carboxylic acids is 1. The van der Waals surface area contributed by atoms with Gasteiger partial charge in [-0.1, -0.05) is 24.3 Å². The first-order valence-corrected chi connectivity index (χ1v) is 6.82. The number of alkyl carbamates (subject to hydrolysis) is 1. The Balaban J connectivity index is 1.68. The summed E-state index contributed by atoms with van der Waals surface area (Å²) >= 11 is 0. The molecular formula is C15H17NO4. The van der Waals surface area contributed by atoms with Crippen molar-refractivity contribution in [3.05, 3.63) is 35.4 Å². The van der Waals surface area contributed by atoms with Gasteiger partial charge in [0.25, 0.3) is 0 Å². The van der Waals surface area contributed by atoms with E-state index in [1.54, 1.807) is 0 Å². The van der Waals surface area contributed by atoms with E-state index in [1.807, 2.05) is 24.3 Å². The molecule has 5 nitrogen and oxygen atoms in total. The quantitative estimate of drug-likeness (QED) is 0.885. The van der Waals surface area contributed by atoms with Crippen LogP contribution in [0.1, 0.15) is 36.3 Å². The molecule has 2 fully saturated rings. The van der Waals surface area contributed by atoms with E-state index in [4.69, 9.17) is 9.84 Å². The predicted octanol–water partition coefficient (Wildman–Crippen LogP) is 2.06. The summed E-state index contributed by atoms with van der Waals surface area (Å²) in [5, 5.41) is 11.7. The van der Waals surface area contributed by atoms with Gasteiger partial charge in [0.15, 0.2) is 0 Å². The molecule has 1 amide bonds. The fraction of sp³-hybridized carbons (Fsp3) is 0.467. The summed E-state index contributed by atoms with van der Waals surface area (Å²) in [6.07, 6.45) is 2.57. The molecule has 1 heterocycles. The summed E-state index contributed by atoms with van der Waals surface area (Å²) in [6.45, 7) is 0.458. The van der Waals surface area contributed by atoms with Crippen LogP contribution in [0.2, 0.25) is 0 Å². The van der Waals surface area contributed by atoms with Gasteiger partial charge in [0, 0.05) is 0 Å². The maximum absolute atomic E-state index is 11.2. The smallest absolute Gasteiger partial charge is 0.407 e. The number of hydrogen-bond acceptors (Lipinski definition) is 3. The zero-order valence-electron chi connectivity index (χ0n) is 11.1. The van der Waals surface area contributed by atoms with Gasteiger partial charge >= 0.3 is 12.1 Å². The molecule has 0 bridgehead atoms. The summed E-state index contributed by atoms with van der Waals surface area (Å²) in [6, 6.07) is 7.75. The number of rotatable bonds is 3. The molecule has 1 spiro atoms. The van der Waals surface area contributed by atoms with E-state index in [0.717, 1.165) is 24.8 Å². The fourth-order valence-corrected chi connectivity index (χ4v) is 3.23. The second kappa shape index (κ2) is 4.81. The van der Waals surface area contributed by atoms with Crippen molar-refractivity contribution in [1.82, 2.24) is 5.32 Å². The first-order chi connectivity index (χ1) is 9.56. The molecular weight excluding hydrogens is 258 g/mol. The van der Waals surface area contributed by atoms with Crippen molar-refractivity contribution in [3.8, 4) is 0 Å². The maximum atomic E-state index is 11.2. The summed E-state index contributed by atoms with van der Waals surface area (Å²) in [7, 11) is 0. The molecule has 3 rings (SSSR count). The van der Waals surface area contributed by atoms with Gasteiger partial charge in [0.05, 0.1) is 12.0 Å².